The van der Waals surface area contributed by atoms with Crippen LogP contribution in [0.2, 0.25) is 0 Å². The van der Waals surface area contributed by atoms with Crippen LogP contribution in [-0.2, 0) is 18.6 Å². The molecule has 0 saturated carbocycles. The highest BCUT2D eigenvalue weighted by Gasteiger charge is 2.18. The number of thioether (sulfide) groups is 1. The van der Waals surface area contributed by atoms with E-state index in [0.717, 1.165) is 12.2 Å². The molecule has 0 aliphatic carbocycles. The van der Waals surface area contributed by atoms with E-state index < -0.39 is 0 Å². The molecule has 2 aromatic rings. The molecule has 19 heavy (non-hydrogen) atoms. The lowest BCUT2D eigenvalue weighted by molar-refractivity contribution is 0.887. The molecular formula is C16H19NS2. The Morgan fingerprint density at radius 1 is 1.32 bits per heavy atom. The molecule has 0 spiro atoms. The standard InChI is InChI=1S/C16H19NS2/c1-2-11-4-3-5-12(8-11)16(17)15-9-13-10-18-7-6-14(13)19-15/h3-5,8-9,16H,2,6-7,10,17H2,1H3. The molecule has 1 aliphatic heterocycles. The van der Waals surface area contributed by atoms with Crippen molar-refractivity contribution in [1.82, 2.24) is 0 Å². The third-order valence-corrected chi connectivity index (χ3v) is 6.00. The first kappa shape index (κ1) is 13.2. The Morgan fingerprint density at radius 3 is 3.00 bits per heavy atom. The van der Waals surface area contributed by atoms with E-state index in [1.165, 1.54) is 33.7 Å². The Bertz CT molecular complexity index is 550. The van der Waals surface area contributed by atoms with Crippen LogP contribution in [0.4, 0.5) is 0 Å². The Balaban J connectivity index is 1.90. The van der Waals surface area contributed by atoms with Crippen molar-refractivity contribution in [2.75, 3.05) is 5.75 Å². The highest BCUT2D eigenvalue weighted by molar-refractivity contribution is 7.98. The van der Waals surface area contributed by atoms with Gasteiger partial charge in [-0.25, -0.2) is 0 Å². The fourth-order valence-corrected chi connectivity index (χ4v) is 4.90. The van der Waals surface area contributed by atoms with E-state index in [0.29, 0.717) is 0 Å². The van der Waals surface area contributed by atoms with Crippen LogP contribution < -0.4 is 5.73 Å². The third-order valence-electron chi connectivity index (χ3n) is 3.67. The lowest BCUT2D eigenvalue weighted by Crippen LogP contribution is -2.10. The van der Waals surface area contributed by atoms with E-state index >= 15 is 0 Å². The summed E-state index contributed by atoms with van der Waals surface area (Å²) in [6.07, 6.45) is 2.28. The largest absolute Gasteiger partial charge is 0.320 e. The van der Waals surface area contributed by atoms with Gasteiger partial charge in [-0.3, -0.25) is 0 Å². The van der Waals surface area contributed by atoms with Gasteiger partial charge in [0.1, 0.15) is 0 Å². The van der Waals surface area contributed by atoms with Crippen molar-refractivity contribution in [1.29, 1.82) is 0 Å². The lowest BCUT2D eigenvalue weighted by Gasteiger charge is -2.11. The van der Waals surface area contributed by atoms with Crippen LogP contribution in [0.15, 0.2) is 30.3 Å². The molecule has 1 unspecified atom stereocenters. The number of thiophene rings is 1. The van der Waals surface area contributed by atoms with E-state index in [1.54, 1.807) is 4.88 Å². The first-order valence-electron chi connectivity index (χ1n) is 6.81. The molecule has 2 heterocycles. The first-order valence-corrected chi connectivity index (χ1v) is 8.78. The second-order valence-corrected chi connectivity index (χ2v) is 7.25. The third kappa shape index (κ3) is 2.73. The molecule has 0 bridgehead atoms. The van der Waals surface area contributed by atoms with E-state index in [9.17, 15) is 0 Å². The zero-order valence-electron chi connectivity index (χ0n) is 11.2. The highest BCUT2D eigenvalue weighted by atomic mass is 32.2. The molecule has 0 saturated heterocycles. The molecule has 1 nitrogen and oxygen atoms in total. The quantitative estimate of drug-likeness (QED) is 0.918. The summed E-state index contributed by atoms with van der Waals surface area (Å²) >= 11 is 3.94. The van der Waals surface area contributed by atoms with Gasteiger partial charge in [0.2, 0.25) is 0 Å². The van der Waals surface area contributed by atoms with Gasteiger partial charge in [0.15, 0.2) is 0 Å². The van der Waals surface area contributed by atoms with E-state index in [1.807, 2.05) is 23.1 Å². The minimum atomic E-state index is 0.0344. The molecular weight excluding hydrogens is 270 g/mol. The zero-order valence-corrected chi connectivity index (χ0v) is 12.8. The first-order chi connectivity index (χ1) is 9.28. The number of hydrogen-bond donors (Lipinski definition) is 1. The highest BCUT2D eigenvalue weighted by Crippen LogP contribution is 2.35. The molecule has 3 heteroatoms. The maximum absolute atomic E-state index is 6.46. The number of aryl methyl sites for hydroxylation is 2. The summed E-state index contributed by atoms with van der Waals surface area (Å²) < 4.78 is 0. The molecule has 1 aromatic heterocycles. The maximum Gasteiger partial charge on any atom is 0.0646 e. The molecule has 3 rings (SSSR count). The van der Waals surface area contributed by atoms with Crippen LogP contribution in [-0.4, -0.2) is 5.75 Å². The molecule has 100 valence electrons. The second kappa shape index (κ2) is 5.70. The number of hydrogen-bond acceptors (Lipinski definition) is 3. The van der Waals surface area contributed by atoms with Gasteiger partial charge in [-0.2, -0.15) is 11.8 Å². The molecule has 0 radical (unpaired) electrons. The van der Waals surface area contributed by atoms with E-state index in [-0.39, 0.29) is 6.04 Å². The molecule has 0 amide bonds. The smallest absolute Gasteiger partial charge is 0.0646 e. The van der Waals surface area contributed by atoms with Gasteiger partial charge >= 0.3 is 0 Å². The van der Waals surface area contributed by atoms with Crippen molar-refractivity contribution in [3.8, 4) is 0 Å². The molecule has 0 fully saturated rings. The van der Waals surface area contributed by atoms with Gasteiger partial charge in [-0.1, -0.05) is 31.2 Å². The number of fused-ring (bicyclic) bond motifs is 1. The van der Waals surface area contributed by atoms with E-state index in [2.05, 4.69) is 37.3 Å². The Labute approximate surface area is 123 Å². The number of benzene rings is 1. The maximum atomic E-state index is 6.46. The Kier molecular flexibility index (Phi) is 3.96. The van der Waals surface area contributed by atoms with Crippen LogP contribution in [0, 0.1) is 0 Å². The number of rotatable bonds is 3. The van der Waals surface area contributed by atoms with Crippen molar-refractivity contribution in [3.63, 3.8) is 0 Å². The summed E-state index contributed by atoms with van der Waals surface area (Å²) in [6, 6.07) is 11.1. The van der Waals surface area contributed by atoms with Crippen molar-refractivity contribution in [2.45, 2.75) is 31.6 Å². The van der Waals surface area contributed by atoms with Crippen LogP contribution in [0.25, 0.3) is 0 Å². The number of nitrogens with two attached hydrogens (primary N) is 1. The molecule has 1 aromatic carbocycles. The van der Waals surface area contributed by atoms with Crippen LogP contribution in [0.1, 0.15) is 39.4 Å². The van der Waals surface area contributed by atoms with Crippen molar-refractivity contribution in [3.05, 3.63) is 56.8 Å². The summed E-state index contributed by atoms with van der Waals surface area (Å²) in [6.45, 7) is 2.19. The van der Waals surface area contributed by atoms with Crippen LogP contribution >= 0.6 is 23.1 Å². The summed E-state index contributed by atoms with van der Waals surface area (Å²) in [5.41, 5.74) is 10.6. The summed E-state index contributed by atoms with van der Waals surface area (Å²) in [5, 5.41) is 0. The van der Waals surface area contributed by atoms with Gasteiger partial charge in [0.25, 0.3) is 0 Å². The summed E-state index contributed by atoms with van der Waals surface area (Å²) in [5.74, 6) is 2.42. The minimum Gasteiger partial charge on any atom is -0.320 e. The lowest BCUT2D eigenvalue weighted by atomic mass is 10.0. The van der Waals surface area contributed by atoms with Crippen molar-refractivity contribution >= 4 is 23.1 Å². The van der Waals surface area contributed by atoms with Crippen molar-refractivity contribution < 1.29 is 0 Å². The summed E-state index contributed by atoms with van der Waals surface area (Å²) in [4.78, 5) is 2.87. The van der Waals surface area contributed by atoms with Crippen LogP contribution in [0.3, 0.4) is 0 Å². The molecule has 1 aliphatic rings. The van der Waals surface area contributed by atoms with Gasteiger partial charge in [0.05, 0.1) is 6.04 Å². The average Bonchev–Trinajstić information content (AvgIpc) is 2.90. The molecule has 1 atom stereocenters. The SMILES string of the molecule is CCc1cccc(C(N)c2cc3c(s2)CCSC3)c1. The Morgan fingerprint density at radius 2 is 2.21 bits per heavy atom. The second-order valence-electron chi connectivity index (χ2n) is 4.98. The zero-order chi connectivity index (χ0) is 13.2. The predicted molar refractivity (Wildman–Crippen MR) is 86.0 cm³/mol. The molecule has 2 N–H and O–H groups in total. The average molecular weight is 289 g/mol. The van der Waals surface area contributed by atoms with Gasteiger partial charge < -0.3 is 5.73 Å². The predicted octanol–water partition coefficient (Wildman–Crippen LogP) is 4.15. The van der Waals surface area contributed by atoms with E-state index in [4.69, 9.17) is 5.73 Å². The monoisotopic (exact) mass is 289 g/mol. The van der Waals surface area contributed by atoms with Gasteiger partial charge in [-0.15, -0.1) is 11.3 Å². The fraction of sp³-hybridized carbons (Fsp3) is 0.375. The normalized spacial score (nSPS) is 16.1. The minimum absolute atomic E-state index is 0.0344. The fourth-order valence-electron chi connectivity index (χ4n) is 2.49. The van der Waals surface area contributed by atoms with Gasteiger partial charge in [0, 0.05) is 15.5 Å². The van der Waals surface area contributed by atoms with Gasteiger partial charge in [-0.05, 0) is 41.4 Å². The Hall–Kier alpha value is -0.770. The topological polar surface area (TPSA) is 26.0 Å². The summed E-state index contributed by atoms with van der Waals surface area (Å²) in [7, 11) is 0. The van der Waals surface area contributed by atoms with Crippen molar-refractivity contribution in [2.24, 2.45) is 5.73 Å². The van der Waals surface area contributed by atoms with Crippen LogP contribution in [0.5, 0.6) is 0 Å².